The maximum absolute atomic E-state index is 13.2. The molecule has 0 saturated carbocycles. The fourth-order valence-corrected chi connectivity index (χ4v) is 4.84. The summed E-state index contributed by atoms with van der Waals surface area (Å²) in [5, 5.41) is 5.76. The Bertz CT molecular complexity index is 1410. The molecule has 1 aliphatic heterocycles. The van der Waals surface area contributed by atoms with Gasteiger partial charge >= 0.3 is 0 Å². The van der Waals surface area contributed by atoms with Gasteiger partial charge in [0.1, 0.15) is 5.84 Å². The number of hydrogen-bond donors (Lipinski definition) is 2. The molecule has 9 heteroatoms. The Morgan fingerprint density at radius 2 is 1.86 bits per heavy atom. The molecule has 2 aromatic carbocycles. The summed E-state index contributed by atoms with van der Waals surface area (Å²) in [7, 11) is 0. The van der Waals surface area contributed by atoms with Gasteiger partial charge in [0.15, 0.2) is 0 Å². The average Bonchev–Trinajstić information content (AvgIpc) is 3.06. The van der Waals surface area contributed by atoms with Crippen LogP contribution in [-0.4, -0.2) is 52.3 Å². The minimum Gasteiger partial charge on any atom is -0.387 e. The zero-order valence-corrected chi connectivity index (χ0v) is 22.5. The van der Waals surface area contributed by atoms with Crippen molar-refractivity contribution in [2.45, 2.75) is 39.7 Å². The van der Waals surface area contributed by atoms with Crippen LogP contribution >= 0.6 is 11.9 Å². The molecule has 3 N–H and O–H groups in total. The largest absolute Gasteiger partial charge is 0.387 e. The molecule has 37 heavy (non-hydrogen) atoms. The van der Waals surface area contributed by atoms with Crippen molar-refractivity contribution in [1.29, 1.82) is 0 Å². The number of hydrogen-bond acceptors (Lipinski definition) is 7. The molecule has 0 unspecified atom stereocenters. The Morgan fingerprint density at radius 3 is 2.59 bits per heavy atom. The molecule has 0 bridgehead atoms. The van der Waals surface area contributed by atoms with Crippen molar-refractivity contribution in [2.24, 2.45) is 10.7 Å². The van der Waals surface area contributed by atoms with Crippen LogP contribution in [0.4, 0.5) is 5.69 Å². The molecule has 8 nitrogen and oxygen atoms in total. The van der Waals surface area contributed by atoms with E-state index in [4.69, 9.17) is 5.73 Å². The van der Waals surface area contributed by atoms with E-state index in [0.29, 0.717) is 36.3 Å². The summed E-state index contributed by atoms with van der Waals surface area (Å²) >= 11 is 1.51. The summed E-state index contributed by atoms with van der Waals surface area (Å²) in [6.07, 6.45) is 7.75. The van der Waals surface area contributed by atoms with Crippen LogP contribution in [0.25, 0.3) is 28.0 Å². The van der Waals surface area contributed by atoms with E-state index in [9.17, 15) is 9.59 Å². The molecule has 0 saturated heterocycles. The molecular formula is C28H34N6O2S. The number of nitrogens with zero attached hydrogens (tertiary/aromatic N) is 4. The van der Waals surface area contributed by atoms with Crippen LogP contribution in [0.5, 0.6) is 0 Å². The third kappa shape index (κ3) is 6.11. The van der Waals surface area contributed by atoms with Crippen LogP contribution < -0.4 is 16.0 Å². The normalized spacial score (nSPS) is 13.1. The number of fused-ring (bicyclic) bond motifs is 2. The number of carbonyl (C=O) groups excluding carboxylic acids is 1. The molecule has 1 aliphatic rings. The van der Waals surface area contributed by atoms with E-state index in [1.54, 1.807) is 6.20 Å². The second-order valence-corrected chi connectivity index (χ2v) is 9.79. The van der Waals surface area contributed by atoms with Gasteiger partial charge in [-0.05, 0) is 54.5 Å². The molecule has 2 heterocycles. The molecule has 4 rings (SSSR count). The first-order valence-corrected chi connectivity index (χ1v) is 13.9. The molecule has 0 fully saturated rings. The molecule has 0 aliphatic carbocycles. The lowest BCUT2D eigenvalue weighted by Gasteiger charge is -2.22. The lowest BCUT2D eigenvalue weighted by molar-refractivity contribution is -0.127. The highest BCUT2D eigenvalue weighted by Gasteiger charge is 2.21. The smallest absolute Gasteiger partial charge is 0.274 e. The lowest BCUT2D eigenvalue weighted by Crippen LogP contribution is -2.34. The monoisotopic (exact) mass is 518 g/mol. The maximum Gasteiger partial charge on any atom is 0.274 e. The average molecular weight is 519 g/mol. The second-order valence-electron chi connectivity index (χ2n) is 9.09. The summed E-state index contributed by atoms with van der Waals surface area (Å²) in [4.78, 5) is 32.6. The molecule has 1 aromatic heterocycles. The summed E-state index contributed by atoms with van der Waals surface area (Å²) < 4.78 is 4.62. The van der Waals surface area contributed by atoms with Crippen molar-refractivity contribution >= 4 is 46.2 Å². The van der Waals surface area contributed by atoms with Gasteiger partial charge in [0, 0.05) is 42.6 Å². The summed E-state index contributed by atoms with van der Waals surface area (Å²) in [6.45, 7) is 6.77. The molecular weight excluding hydrogens is 484 g/mol. The van der Waals surface area contributed by atoms with Gasteiger partial charge in [0.05, 0.1) is 23.8 Å². The van der Waals surface area contributed by atoms with Crippen molar-refractivity contribution in [3.8, 4) is 11.1 Å². The number of aliphatic imine (C=N–C) groups is 1. The van der Waals surface area contributed by atoms with Crippen molar-refractivity contribution in [3.63, 3.8) is 0 Å². The fourth-order valence-electron chi connectivity index (χ4n) is 4.55. The molecule has 194 valence electrons. The Labute approximate surface area is 221 Å². The van der Waals surface area contributed by atoms with E-state index < -0.39 is 0 Å². The Morgan fingerprint density at radius 1 is 1.14 bits per heavy atom. The van der Waals surface area contributed by atoms with Crippen LogP contribution in [0.3, 0.4) is 0 Å². The number of nitrogens with one attached hydrogen (secondary N) is 1. The first-order chi connectivity index (χ1) is 17.9. The third-order valence-corrected chi connectivity index (χ3v) is 6.79. The maximum atomic E-state index is 13.2. The zero-order chi connectivity index (χ0) is 26.4. The van der Waals surface area contributed by atoms with Crippen LogP contribution in [0, 0.1) is 0 Å². The molecule has 3 aromatic rings. The lowest BCUT2D eigenvalue weighted by atomic mass is 9.99. The van der Waals surface area contributed by atoms with Crippen molar-refractivity contribution in [3.05, 3.63) is 64.1 Å². The van der Waals surface area contributed by atoms with Crippen LogP contribution in [0.1, 0.15) is 38.7 Å². The topological polar surface area (TPSA) is 106 Å². The van der Waals surface area contributed by atoms with E-state index >= 15 is 0 Å². The molecule has 0 atom stereocenters. The highest BCUT2D eigenvalue weighted by molar-refractivity contribution is 7.96. The van der Waals surface area contributed by atoms with Gasteiger partial charge in [-0.25, -0.2) is 9.67 Å². The quantitative estimate of drug-likeness (QED) is 0.305. The minimum atomic E-state index is -0.103. The number of aromatic nitrogens is 2. The van der Waals surface area contributed by atoms with Gasteiger partial charge < -0.3 is 10.6 Å². The first kappa shape index (κ1) is 26.6. The Balaban J connectivity index is 1.65. The number of amidine groups is 1. The van der Waals surface area contributed by atoms with Gasteiger partial charge in [-0.2, -0.15) is 5.10 Å². The van der Waals surface area contributed by atoms with Gasteiger partial charge in [0.2, 0.25) is 5.91 Å². The zero-order valence-electron chi connectivity index (χ0n) is 21.7. The molecule has 0 spiro atoms. The summed E-state index contributed by atoms with van der Waals surface area (Å²) in [5.41, 5.74) is 10.3. The third-order valence-electron chi connectivity index (χ3n) is 6.30. The molecule has 1 amide bonds. The standard InChI is InChI=1S/C28H34N6O2S/c1-4-11-33(12-5-2)27(35)22-15-21-7-6-20(16-25(21)32-26(29)17-22)19-8-9-24-23(14-19)18-30-34(28(24)36)13-10-31-37-3/h6-9,14-16,18,31H,4-5,10-13,17H2,1-3H3,(H2,29,32). The minimum absolute atomic E-state index is 0.0238. The summed E-state index contributed by atoms with van der Waals surface area (Å²) in [5.74, 6) is 0.443. The van der Waals surface area contributed by atoms with Gasteiger partial charge in [-0.15, -0.1) is 0 Å². The van der Waals surface area contributed by atoms with Gasteiger partial charge in [-0.1, -0.05) is 44.0 Å². The van der Waals surface area contributed by atoms with E-state index in [0.717, 1.165) is 53.7 Å². The number of nitrogens with two attached hydrogens (primary N) is 1. The Kier molecular flexibility index (Phi) is 8.78. The number of amides is 1. The predicted octanol–water partition coefficient (Wildman–Crippen LogP) is 4.36. The van der Waals surface area contributed by atoms with Crippen LogP contribution in [0.2, 0.25) is 0 Å². The van der Waals surface area contributed by atoms with E-state index in [1.807, 2.05) is 53.6 Å². The number of carbonyl (C=O) groups is 1. The van der Waals surface area contributed by atoms with Crippen molar-refractivity contribution < 1.29 is 4.79 Å². The highest BCUT2D eigenvalue weighted by Crippen LogP contribution is 2.33. The number of rotatable bonds is 10. The van der Waals surface area contributed by atoms with Gasteiger partial charge in [0.25, 0.3) is 5.56 Å². The first-order valence-electron chi connectivity index (χ1n) is 12.7. The van der Waals surface area contributed by atoms with E-state index in [1.165, 1.54) is 16.6 Å². The van der Waals surface area contributed by atoms with Crippen molar-refractivity contribution in [1.82, 2.24) is 19.4 Å². The van der Waals surface area contributed by atoms with Crippen molar-refractivity contribution in [2.75, 3.05) is 25.9 Å². The predicted molar refractivity (Wildman–Crippen MR) is 154 cm³/mol. The SMILES string of the molecule is CCCN(CCC)C(=O)C1=Cc2ccc(-c3ccc4c(=O)n(CCNSC)ncc4c3)cc2N=C(N)C1. The van der Waals surface area contributed by atoms with Gasteiger partial charge in [-0.3, -0.25) is 14.3 Å². The number of benzene rings is 2. The van der Waals surface area contributed by atoms with Crippen LogP contribution in [0.15, 0.2) is 58.0 Å². The van der Waals surface area contributed by atoms with E-state index in [2.05, 4.69) is 28.7 Å². The molecule has 0 radical (unpaired) electrons. The highest BCUT2D eigenvalue weighted by atomic mass is 32.2. The fraction of sp³-hybridized carbons (Fsp3) is 0.357. The second kappa shape index (κ2) is 12.2. The Hall–Kier alpha value is -3.43. The summed E-state index contributed by atoms with van der Waals surface area (Å²) in [6, 6.07) is 11.7. The van der Waals surface area contributed by atoms with Crippen LogP contribution in [-0.2, 0) is 11.3 Å². The van der Waals surface area contributed by atoms with E-state index in [-0.39, 0.29) is 11.5 Å².